The van der Waals surface area contributed by atoms with Gasteiger partial charge in [-0.15, -0.1) is 23.1 Å². The van der Waals surface area contributed by atoms with E-state index in [1.807, 2.05) is 31.4 Å². The number of thioether (sulfide) groups is 1. The molecule has 0 aliphatic heterocycles. The van der Waals surface area contributed by atoms with E-state index in [1.54, 1.807) is 17.6 Å². The summed E-state index contributed by atoms with van der Waals surface area (Å²) in [6.07, 6.45) is 1.60. The smallest absolute Gasteiger partial charge is 0.321 e. The zero-order valence-electron chi connectivity index (χ0n) is 11.2. The van der Waals surface area contributed by atoms with Crippen LogP contribution in [0.1, 0.15) is 19.5 Å². The van der Waals surface area contributed by atoms with Gasteiger partial charge in [-0.1, -0.05) is 6.07 Å². The van der Waals surface area contributed by atoms with Gasteiger partial charge in [0.25, 0.3) is 0 Å². The summed E-state index contributed by atoms with van der Waals surface area (Å²) in [5.41, 5.74) is 6.46. The molecule has 0 aliphatic rings. The van der Waals surface area contributed by atoms with Crippen molar-refractivity contribution in [1.29, 1.82) is 0 Å². The molecule has 2 rings (SSSR count). The molecule has 0 radical (unpaired) electrons. The van der Waals surface area contributed by atoms with E-state index in [4.69, 9.17) is 15.3 Å². The molecule has 7 heteroatoms. The van der Waals surface area contributed by atoms with Crippen molar-refractivity contribution in [3.63, 3.8) is 0 Å². The van der Waals surface area contributed by atoms with Crippen LogP contribution < -0.4 is 5.73 Å². The highest BCUT2D eigenvalue weighted by Gasteiger charge is 2.32. The van der Waals surface area contributed by atoms with E-state index in [1.165, 1.54) is 11.8 Å². The average Bonchev–Trinajstić information content (AvgIpc) is 3.05. The third-order valence-electron chi connectivity index (χ3n) is 2.89. The first-order chi connectivity index (χ1) is 9.40. The maximum atomic E-state index is 10.9. The number of hydrogen-bond donors (Lipinski definition) is 2. The highest BCUT2D eigenvalue weighted by molar-refractivity contribution is 7.99. The molecule has 20 heavy (non-hydrogen) atoms. The molecule has 0 saturated heterocycles. The second kappa shape index (κ2) is 5.99. The zero-order chi connectivity index (χ0) is 14.8. The van der Waals surface area contributed by atoms with Crippen LogP contribution in [0.5, 0.6) is 0 Å². The Morgan fingerprint density at radius 1 is 1.65 bits per heavy atom. The Labute approximate surface area is 125 Å². The number of nitrogens with zero attached hydrogens (tertiary/aromatic N) is 1. The van der Waals surface area contributed by atoms with Crippen molar-refractivity contribution in [3.05, 3.63) is 29.5 Å². The fourth-order valence-electron chi connectivity index (χ4n) is 1.53. The maximum Gasteiger partial charge on any atom is 0.321 e. The molecule has 2 aromatic heterocycles. The first-order valence-electron chi connectivity index (χ1n) is 6.01. The molecule has 0 aromatic carbocycles. The summed E-state index contributed by atoms with van der Waals surface area (Å²) in [5, 5.41) is 10.9. The number of aliphatic carboxylic acids is 1. The summed E-state index contributed by atoms with van der Waals surface area (Å²) in [4.78, 5) is 16.3. The molecule has 108 valence electrons. The Balaban J connectivity index is 2.00. The van der Waals surface area contributed by atoms with Gasteiger partial charge in [0.15, 0.2) is 0 Å². The van der Waals surface area contributed by atoms with Crippen molar-refractivity contribution in [1.82, 2.24) is 4.98 Å². The predicted octanol–water partition coefficient (Wildman–Crippen LogP) is 2.83. The van der Waals surface area contributed by atoms with Crippen molar-refractivity contribution in [3.8, 4) is 10.8 Å². The van der Waals surface area contributed by atoms with Crippen LogP contribution in [0, 0.1) is 0 Å². The zero-order valence-corrected chi connectivity index (χ0v) is 12.8. The van der Waals surface area contributed by atoms with E-state index in [9.17, 15) is 4.79 Å². The van der Waals surface area contributed by atoms with E-state index in [0.29, 0.717) is 11.6 Å². The number of rotatable bonds is 6. The van der Waals surface area contributed by atoms with Crippen LogP contribution in [0.25, 0.3) is 10.8 Å². The number of nitrogens with two attached hydrogens (primary N) is 1. The second-order valence-corrected chi connectivity index (χ2v) is 7.41. The number of carboxylic acid groups (broad SMARTS) is 1. The summed E-state index contributed by atoms with van der Waals surface area (Å²) in [6.45, 7) is 3.63. The molecule has 0 amide bonds. The van der Waals surface area contributed by atoms with Gasteiger partial charge in [-0.2, -0.15) is 0 Å². The Kier molecular flexibility index (Phi) is 4.52. The van der Waals surface area contributed by atoms with Crippen molar-refractivity contribution in [2.24, 2.45) is 5.73 Å². The first-order valence-corrected chi connectivity index (χ1v) is 7.87. The average molecular weight is 312 g/mol. The Morgan fingerprint density at radius 3 is 3.00 bits per heavy atom. The molecule has 0 unspecified atom stereocenters. The van der Waals surface area contributed by atoms with E-state index < -0.39 is 16.8 Å². The van der Waals surface area contributed by atoms with Gasteiger partial charge in [-0.05, 0) is 25.3 Å². The standard InChI is InChI=1S/C13H16N2O3S2/c1-13(2,10(14)12(16)17)20-7-8-6-18-11(15-8)9-4-3-5-19-9/h3-6,10H,7,14H2,1-2H3,(H,16,17)/t10-/m0/s1. The monoisotopic (exact) mass is 312 g/mol. The lowest BCUT2D eigenvalue weighted by Crippen LogP contribution is -2.46. The van der Waals surface area contributed by atoms with Crippen LogP contribution >= 0.6 is 23.1 Å². The molecule has 3 N–H and O–H groups in total. The maximum absolute atomic E-state index is 10.9. The number of oxazole rings is 1. The number of aromatic nitrogens is 1. The highest BCUT2D eigenvalue weighted by Crippen LogP contribution is 2.31. The topological polar surface area (TPSA) is 89.4 Å². The number of thiophene rings is 1. The Morgan fingerprint density at radius 2 is 2.40 bits per heavy atom. The highest BCUT2D eigenvalue weighted by atomic mass is 32.2. The van der Waals surface area contributed by atoms with Gasteiger partial charge >= 0.3 is 5.97 Å². The van der Waals surface area contributed by atoms with Gasteiger partial charge in [0.2, 0.25) is 5.89 Å². The fraction of sp³-hybridized carbons (Fsp3) is 0.385. The number of carbonyl (C=O) groups is 1. The minimum absolute atomic E-state index is 0.558. The lowest BCUT2D eigenvalue weighted by atomic mass is 10.1. The molecule has 0 aliphatic carbocycles. The minimum Gasteiger partial charge on any atom is -0.480 e. The van der Waals surface area contributed by atoms with E-state index in [2.05, 4.69) is 4.98 Å². The minimum atomic E-state index is -0.998. The van der Waals surface area contributed by atoms with Crippen LogP contribution in [0.2, 0.25) is 0 Å². The van der Waals surface area contributed by atoms with Crippen LogP contribution in [-0.2, 0) is 10.5 Å². The molecule has 2 aromatic rings. The Bertz CT molecular complexity index is 578. The second-order valence-electron chi connectivity index (χ2n) is 4.83. The van der Waals surface area contributed by atoms with Crippen molar-refractivity contribution in [2.75, 3.05) is 0 Å². The predicted molar refractivity (Wildman–Crippen MR) is 80.8 cm³/mol. The number of carboxylic acids is 1. The summed E-state index contributed by atoms with van der Waals surface area (Å²) in [6, 6.07) is 2.96. The summed E-state index contributed by atoms with van der Waals surface area (Å²) in [5.74, 6) is 0.154. The first kappa shape index (κ1) is 15.1. The summed E-state index contributed by atoms with van der Waals surface area (Å²) >= 11 is 3.01. The van der Waals surface area contributed by atoms with Crippen molar-refractivity contribution in [2.45, 2.75) is 30.4 Å². The molecule has 2 heterocycles. The Hall–Kier alpha value is -1.31. The lowest BCUT2D eigenvalue weighted by Gasteiger charge is -2.27. The normalized spacial score (nSPS) is 13.3. The molecule has 1 atom stereocenters. The fourth-order valence-corrected chi connectivity index (χ4v) is 3.12. The van der Waals surface area contributed by atoms with Crippen LogP contribution in [0.15, 0.2) is 28.2 Å². The molecule has 0 bridgehead atoms. The van der Waals surface area contributed by atoms with Crippen molar-refractivity contribution < 1.29 is 14.3 Å². The molecule has 0 saturated carbocycles. The third-order valence-corrected chi connectivity index (χ3v) is 5.19. The lowest BCUT2D eigenvalue weighted by molar-refractivity contribution is -0.139. The van der Waals surface area contributed by atoms with E-state index in [0.717, 1.165) is 10.6 Å². The molecule has 0 fully saturated rings. The SMILES string of the molecule is CC(C)(SCc1coc(-c2cccs2)n1)[C@@H](N)C(=O)O. The van der Waals surface area contributed by atoms with Gasteiger partial charge in [-0.25, -0.2) is 4.98 Å². The van der Waals surface area contributed by atoms with Crippen LogP contribution in [0.3, 0.4) is 0 Å². The van der Waals surface area contributed by atoms with Crippen molar-refractivity contribution >= 4 is 29.1 Å². The van der Waals surface area contributed by atoms with Crippen LogP contribution in [0.4, 0.5) is 0 Å². The molecular formula is C13H16N2O3S2. The van der Waals surface area contributed by atoms with Gasteiger partial charge in [0.05, 0.1) is 10.6 Å². The number of hydrogen-bond acceptors (Lipinski definition) is 6. The summed E-state index contributed by atoms with van der Waals surface area (Å²) in [7, 11) is 0. The van der Waals surface area contributed by atoms with Gasteiger partial charge in [0.1, 0.15) is 12.3 Å². The molecular weight excluding hydrogens is 296 g/mol. The molecule has 5 nitrogen and oxygen atoms in total. The quantitative estimate of drug-likeness (QED) is 0.852. The van der Waals surface area contributed by atoms with E-state index in [-0.39, 0.29) is 0 Å². The van der Waals surface area contributed by atoms with E-state index >= 15 is 0 Å². The van der Waals surface area contributed by atoms with Crippen LogP contribution in [-0.4, -0.2) is 26.8 Å². The van der Waals surface area contributed by atoms with Gasteiger partial charge in [-0.3, -0.25) is 4.79 Å². The van der Waals surface area contributed by atoms with Gasteiger partial charge in [0, 0.05) is 10.5 Å². The third kappa shape index (κ3) is 3.41. The largest absolute Gasteiger partial charge is 0.480 e. The van der Waals surface area contributed by atoms with Gasteiger partial charge < -0.3 is 15.3 Å². The summed E-state index contributed by atoms with van der Waals surface area (Å²) < 4.78 is 4.85. The molecule has 0 spiro atoms.